The predicted molar refractivity (Wildman–Crippen MR) is 144 cm³/mol. The van der Waals surface area contributed by atoms with E-state index in [4.69, 9.17) is 11.5 Å². The molecule has 2 amide bonds. The Morgan fingerprint density at radius 1 is 1.21 bits per heavy atom. The van der Waals surface area contributed by atoms with Gasteiger partial charge in [-0.25, -0.2) is 10.3 Å². The van der Waals surface area contributed by atoms with Crippen molar-refractivity contribution in [2.75, 3.05) is 13.1 Å². The number of carbonyl (C=O) groups excluding carboxylic acids is 2. The van der Waals surface area contributed by atoms with Gasteiger partial charge in [-0.15, -0.1) is 0 Å². The number of carbonyl (C=O) groups is 2. The number of fused-ring (bicyclic) bond motifs is 1. The van der Waals surface area contributed by atoms with Crippen LogP contribution >= 0.6 is 0 Å². The average molecular weight is 533 g/mol. The normalized spacial score (nSPS) is 28.8. The Balaban J connectivity index is 1.23. The molecule has 3 aliphatic heterocycles. The smallest absolute Gasteiger partial charge is 0.343 e. The van der Waals surface area contributed by atoms with Crippen molar-refractivity contribution >= 4 is 23.7 Å². The first-order chi connectivity index (χ1) is 18.8. The molecule has 5 atom stereocenters. The second-order valence-electron chi connectivity index (χ2n) is 10.7. The fourth-order valence-corrected chi connectivity index (χ4v) is 6.53. The highest BCUT2D eigenvalue weighted by Gasteiger charge is 2.68. The van der Waals surface area contributed by atoms with Gasteiger partial charge in [-0.2, -0.15) is 0 Å². The molecule has 39 heavy (non-hydrogen) atoms. The van der Waals surface area contributed by atoms with Crippen molar-refractivity contribution in [1.29, 1.82) is 0 Å². The summed E-state index contributed by atoms with van der Waals surface area (Å²) in [7, 11) is 0. The molecule has 1 aliphatic carbocycles. The number of aliphatic imine (C=N–C) groups is 1. The second kappa shape index (κ2) is 9.53. The lowest BCUT2D eigenvalue weighted by atomic mass is 9.87. The average Bonchev–Trinajstić information content (AvgIpc) is 3.43. The first-order valence-corrected chi connectivity index (χ1v) is 13.4. The molecule has 0 bridgehead atoms. The highest BCUT2D eigenvalue weighted by molar-refractivity contribution is 5.96. The third kappa shape index (κ3) is 4.06. The number of aryl methyl sites for hydroxylation is 2. The van der Waals surface area contributed by atoms with Gasteiger partial charge >= 0.3 is 5.96 Å². The van der Waals surface area contributed by atoms with Crippen LogP contribution in [0.5, 0.6) is 0 Å². The number of benzene rings is 1. The van der Waals surface area contributed by atoms with E-state index >= 15 is 0 Å². The highest BCUT2D eigenvalue weighted by atomic mass is 16.3. The van der Waals surface area contributed by atoms with Gasteiger partial charge in [-0.05, 0) is 61.4 Å². The molecule has 4 heterocycles. The van der Waals surface area contributed by atoms with E-state index in [0.717, 1.165) is 36.8 Å². The molecule has 0 radical (unpaired) electrons. The molecule has 1 aromatic carbocycles. The molecule has 9 N–H and O–H groups in total. The number of guanidine groups is 2. The molecule has 2 aromatic rings. The molecule has 12 nitrogen and oxygen atoms in total. The van der Waals surface area contributed by atoms with Crippen LogP contribution in [-0.2, 0) is 12.8 Å². The van der Waals surface area contributed by atoms with Gasteiger partial charge < -0.3 is 26.4 Å². The Kier molecular flexibility index (Phi) is 6.13. The van der Waals surface area contributed by atoms with Crippen LogP contribution in [0.15, 0.2) is 41.5 Å². The predicted octanol–water partition coefficient (Wildman–Crippen LogP) is -2.77. The van der Waals surface area contributed by atoms with Crippen molar-refractivity contribution < 1.29 is 19.7 Å². The van der Waals surface area contributed by atoms with Crippen LogP contribution in [0.4, 0.5) is 0 Å². The van der Waals surface area contributed by atoms with Crippen LogP contribution in [0.3, 0.4) is 0 Å². The maximum Gasteiger partial charge on any atom is 0.343 e. The van der Waals surface area contributed by atoms with Crippen LogP contribution in [0, 0.1) is 6.92 Å². The number of nitrogens with zero attached hydrogens (tertiary/aromatic N) is 3. The van der Waals surface area contributed by atoms with E-state index in [2.05, 4.69) is 37.0 Å². The monoisotopic (exact) mass is 532 g/mol. The summed E-state index contributed by atoms with van der Waals surface area (Å²) in [6.07, 6.45) is 4.50. The number of amides is 2. The Bertz CT molecular complexity index is 1390. The third-order valence-corrected chi connectivity index (χ3v) is 8.39. The van der Waals surface area contributed by atoms with E-state index in [1.165, 1.54) is 5.56 Å². The Labute approximate surface area is 226 Å². The van der Waals surface area contributed by atoms with Crippen LogP contribution < -0.4 is 32.4 Å². The van der Waals surface area contributed by atoms with Gasteiger partial charge in [0.15, 0.2) is 12.0 Å². The summed E-state index contributed by atoms with van der Waals surface area (Å²) in [6, 6.07) is 7.70. The van der Waals surface area contributed by atoms with Crippen LogP contribution in [0.2, 0.25) is 0 Å². The van der Waals surface area contributed by atoms with Gasteiger partial charge in [0.25, 0.3) is 11.8 Å². The van der Waals surface area contributed by atoms with Crippen LogP contribution in [0.25, 0.3) is 0 Å². The molecule has 4 aliphatic rings. The lowest BCUT2D eigenvalue weighted by Crippen LogP contribution is -2.88. The summed E-state index contributed by atoms with van der Waals surface area (Å²) in [5.74, 6) is -0.102. The summed E-state index contributed by atoms with van der Waals surface area (Å²) in [6.45, 7) is 2.19. The quantitative estimate of drug-likeness (QED) is 0.216. The van der Waals surface area contributed by atoms with Gasteiger partial charge in [0.1, 0.15) is 17.8 Å². The van der Waals surface area contributed by atoms with Crippen LogP contribution in [0.1, 0.15) is 50.4 Å². The second-order valence-corrected chi connectivity index (χ2v) is 10.7. The maximum atomic E-state index is 13.4. The zero-order valence-electron chi connectivity index (χ0n) is 21.8. The minimum atomic E-state index is -1.15. The fraction of sp³-hybridized carbons (Fsp3) is 0.444. The lowest BCUT2D eigenvalue weighted by molar-refractivity contribution is -0.513. The van der Waals surface area contributed by atoms with E-state index in [1.54, 1.807) is 17.2 Å². The van der Waals surface area contributed by atoms with Crippen LogP contribution in [-0.4, -0.2) is 81.7 Å². The Hall–Kier alpha value is -4.19. The number of aromatic nitrogens is 1. The van der Waals surface area contributed by atoms with E-state index in [1.807, 2.05) is 25.1 Å². The number of aliphatic hydroxyl groups is 1. The molecular formula is C27H34N9O3+. The van der Waals surface area contributed by atoms with Gasteiger partial charge in [0.2, 0.25) is 5.66 Å². The zero-order valence-corrected chi connectivity index (χ0v) is 21.8. The van der Waals surface area contributed by atoms with Gasteiger partial charge in [-0.3, -0.25) is 25.3 Å². The Morgan fingerprint density at radius 2 is 2.03 bits per heavy atom. The number of nitrogens with one attached hydrogen (secondary N) is 4. The maximum absolute atomic E-state index is 13.4. The number of aliphatic hydroxyl groups excluding tert-OH is 1. The van der Waals surface area contributed by atoms with Crippen molar-refractivity contribution in [3.63, 3.8) is 0 Å². The summed E-state index contributed by atoms with van der Waals surface area (Å²) >= 11 is 0. The molecule has 6 rings (SSSR count). The SMILES string of the molecule is Cc1cccnc1C(=O)NC[C@@H]1N=C(N)N2CC(NC(=O)c3cccc4c3CCCC4)[C@@H](O)C23NC(N)=[NH+][C@@H]13. The standard InChI is InChI=1S/C27H33N9O3/c1-14-6-5-11-30-20(14)24(39)31-12-18-21-27(35-25(28)34-21)22(37)19(13-36(27)26(29)33-18)32-23(38)17-10-4-8-15-7-2-3-9-16(15)17/h4-6,8,10-11,18-19,21-22,37H,2-3,7,9,12-13H2,1H3,(H2,29,33)(H,31,39)(H,32,38)(H3,28,34,35)/p+1/t18-,19?,21-,22+,27?/m0/s1. The first-order valence-electron chi connectivity index (χ1n) is 13.4. The molecule has 1 aromatic heterocycles. The third-order valence-electron chi connectivity index (χ3n) is 8.39. The highest BCUT2D eigenvalue weighted by Crippen LogP contribution is 2.35. The molecule has 204 valence electrons. The van der Waals surface area contributed by atoms with Gasteiger partial charge in [0.05, 0.1) is 6.04 Å². The van der Waals surface area contributed by atoms with Crippen molar-refractivity contribution in [3.8, 4) is 0 Å². The van der Waals surface area contributed by atoms with Crippen molar-refractivity contribution in [3.05, 3.63) is 64.5 Å². The summed E-state index contributed by atoms with van der Waals surface area (Å²) < 4.78 is 0. The topological polar surface area (TPSA) is 185 Å². The first kappa shape index (κ1) is 25.1. The van der Waals surface area contributed by atoms with Gasteiger partial charge in [0, 0.05) is 24.8 Å². The molecule has 2 unspecified atom stereocenters. The molecule has 1 spiro atoms. The van der Waals surface area contributed by atoms with E-state index < -0.39 is 29.9 Å². The molecule has 1 fully saturated rings. The van der Waals surface area contributed by atoms with Crippen molar-refractivity contribution in [2.45, 2.75) is 62.5 Å². The summed E-state index contributed by atoms with van der Waals surface area (Å²) in [4.78, 5) is 40.0. The van der Waals surface area contributed by atoms with E-state index in [0.29, 0.717) is 11.3 Å². The molecule has 1 saturated heterocycles. The summed E-state index contributed by atoms with van der Waals surface area (Å²) in [5.41, 5.74) is 15.5. The van der Waals surface area contributed by atoms with E-state index in [9.17, 15) is 14.7 Å². The number of nitrogens with two attached hydrogens (primary N) is 2. The number of pyridine rings is 1. The number of hydrogen-bond donors (Lipinski definition) is 7. The Morgan fingerprint density at radius 3 is 2.85 bits per heavy atom. The number of hydrogen-bond acceptors (Lipinski definition) is 9. The lowest BCUT2D eigenvalue weighted by Gasteiger charge is -2.43. The number of rotatable bonds is 5. The minimum absolute atomic E-state index is 0.137. The van der Waals surface area contributed by atoms with E-state index in [-0.39, 0.29) is 36.8 Å². The fourth-order valence-electron chi connectivity index (χ4n) is 6.53. The minimum Gasteiger partial charge on any atom is -0.385 e. The molecule has 0 saturated carbocycles. The van der Waals surface area contributed by atoms with Crippen molar-refractivity contribution in [1.82, 2.24) is 25.8 Å². The van der Waals surface area contributed by atoms with Crippen molar-refractivity contribution in [2.24, 2.45) is 16.5 Å². The molecular weight excluding hydrogens is 498 g/mol. The van der Waals surface area contributed by atoms with Gasteiger partial charge in [-0.1, -0.05) is 18.2 Å². The zero-order chi connectivity index (χ0) is 27.3. The largest absolute Gasteiger partial charge is 0.385 e. The molecule has 12 heteroatoms. The summed E-state index contributed by atoms with van der Waals surface area (Å²) in [5, 5.41) is 20.8.